The van der Waals surface area contributed by atoms with Crippen LogP contribution >= 0.6 is 0 Å². The number of nitrogens with one attached hydrogen (secondary N) is 2. The summed E-state index contributed by atoms with van der Waals surface area (Å²) < 4.78 is 20.6. The van der Waals surface area contributed by atoms with E-state index in [-0.39, 0.29) is 30.6 Å². The molecule has 0 bridgehead atoms. The topological polar surface area (TPSA) is 92.4 Å². The number of aromatic nitrogens is 2. The van der Waals surface area contributed by atoms with E-state index in [1.807, 2.05) is 24.0 Å². The summed E-state index contributed by atoms with van der Waals surface area (Å²) in [5.41, 5.74) is 1.37. The highest BCUT2D eigenvalue weighted by molar-refractivity contribution is 5.88. The second-order valence-corrected chi connectivity index (χ2v) is 7.54. The summed E-state index contributed by atoms with van der Waals surface area (Å²) >= 11 is 0. The Balaban J connectivity index is 1.34. The third-order valence-corrected chi connectivity index (χ3v) is 5.17. The molecular formula is C22H24FN5O3. The first kappa shape index (κ1) is 20.8. The Hall–Kier alpha value is -3.46. The maximum absolute atomic E-state index is 13.4. The predicted octanol–water partition coefficient (Wildman–Crippen LogP) is 1.92. The van der Waals surface area contributed by atoms with Gasteiger partial charge in [0.05, 0.1) is 30.9 Å². The predicted molar refractivity (Wildman–Crippen MR) is 111 cm³/mol. The molecule has 3 aromatic rings. The molecule has 1 aliphatic heterocycles. The Morgan fingerprint density at radius 3 is 3.00 bits per heavy atom. The standard InChI is InChI=1S/C22H24FN5O3/c1-15-5-6-19(31-15)14-27-8-7-24-22(30)20(27)10-21(29)25-11-16-12-26-28(13-16)18-4-2-3-17(23)9-18/h2-6,9,12-13,20H,7-8,10-11,14H2,1H3,(H,24,30)(H,25,29)/t20-/m0/s1. The van der Waals surface area contributed by atoms with Crippen molar-refractivity contribution in [3.8, 4) is 5.69 Å². The maximum Gasteiger partial charge on any atom is 0.237 e. The number of aryl methyl sites for hydroxylation is 1. The van der Waals surface area contributed by atoms with Gasteiger partial charge in [-0.1, -0.05) is 6.07 Å². The summed E-state index contributed by atoms with van der Waals surface area (Å²) in [5.74, 6) is 0.833. The molecule has 1 saturated heterocycles. The summed E-state index contributed by atoms with van der Waals surface area (Å²) in [6.07, 6.45) is 3.39. The third kappa shape index (κ3) is 5.18. The molecule has 2 N–H and O–H groups in total. The van der Waals surface area contributed by atoms with Gasteiger partial charge in [-0.05, 0) is 37.3 Å². The number of hydrogen-bond acceptors (Lipinski definition) is 5. The molecule has 31 heavy (non-hydrogen) atoms. The number of amides is 2. The maximum atomic E-state index is 13.4. The van der Waals surface area contributed by atoms with E-state index in [2.05, 4.69) is 15.7 Å². The molecule has 2 aromatic heterocycles. The Morgan fingerprint density at radius 1 is 1.35 bits per heavy atom. The fourth-order valence-corrected chi connectivity index (χ4v) is 3.60. The van der Waals surface area contributed by atoms with Gasteiger partial charge in [-0.25, -0.2) is 9.07 Å². The number of carbonyl (C=O) groups is 2. The Labute approximate surface area is 179 Å². The van der Waals surface area contributed by atoms with Crippen LogP contribution < -0.4 is 10.6 Å². The zero-order valence-corrected chi connectivity index (χ0v) is 17.2. The summed E-state index contributed by atoms with van der Waals surface area (Å²) in [7, 11) is 0. The van der Waals surface area contributed by atoms with Crippen LogP contribution in [-0.2, 0) is 22.7 Å². The molecule has 0 unspecified atom stereocenters. The first-order valence-corrected chi connectivity index (χ1v) is 10.1. The molecule has 162 valence electrons. The van der Waals surface area contributed by atoms with Gasteiger partial charge in [0.2, 0.25) is 11.8 Å². The van der Waals surface area contributed by atoms with Crippen molar-refractivity contribution >= 4 is 11.8 Å². The number of halogens is 1. The summed E-state index contributed by atoms with van der Waals surface area (Å²) in [6.45, 7) is 3.78. The average molecular weight is 425 g/mol. The fraction of sp³-hybridized carbons (Fsp3) is 0.318. The van der Waals surface area contributed by atoms with Gasteiger partial charge in [0.1, 0.15) is 17.3 Å². The fourth-order valence-electron chi connectivity index (χ4n) is 3.60. The van der Waals surface area contributed by atoms with Gasteiger partial charge in [0, 0.05) is 31.4 Å². The quantitative estimate of drug-likeness (QED) is 0.604. The number of rotatable bonds is 7. The van der Waals surface area contributed by atoms with Crippen molar-refractivity contribution in [2.24, 2.45) is 0 Å². The molecule has 1 aliphatic rings. The molecule has 1 aromatic carbocycles. The molecule has 0 spiro atoms. The summed E-state index contributed by atoms with van der Waals surface area (Å²) in [5, 5.41) is 9.87. The Kier molecular flexibility index (Phi) is 6.13. The van der Waals surface area contributed by atoms with Gasteiger partial charge < -0.3 is 15.1 Å². The lowest BCUT2D eigenvalue weighted by atomic mass is 10.1. The number of piperazine rings is 1. The highest BCUT2D eigenvalue weighted by Crippen LogP contribution is 2.16. The number of nitrogens with zero attached hydrogens (tertiary/aromatic N) is 3. The van der Waals surface area contributed by atoms with Crippen molar-refractivity contribution in [3.05, 3.63) is 71.7 Å². The van der Waals surface area contributed by atoms with Crippen molar-refractivity contribution < 1.29 is 18.4 Å². The molecule has 8 nitrogen and oxygen atoms in total. The average Bonchev–Trinajstić information content (AvgIpc) is 3.38. The van der Waals surface area contributed by atoms with E-state index in [1.54, 1.807) is 29.2 Å². The minimum atomic E-state index is -0.561. The van der Waals surface area contributed by atoms with Gasteiger partial charge in [-0.3, -0.25) is 14.5 Å². The van der Waals surface area contributed by atoms with Crippen LogP contribution in [-0.4, -0.2) is 45.6 Å². The largest absolute Gasteiger partial charge is 0.465 e. The van der Waals surface area contributed by atoms with Gasteiger partial charge in [0.15, 0.2) is 0 Å². The summed E-state index contributed by atoms with van der Waals surface area (Å²) in [4.78, 5) is 26.9. The van der Waals surface area contributed by atoms with Crippen molar-refractivity contribution in [1.29, 1.82) is 0 Å². The van der Waals surface area contributed by atoms with E-state index < -0.39 is 6.04 Å². The lowest BCUT2D eigenvalue weighted by Gasteiger charge is -2.34. The summed E-state index contributed by atoms with van der Waals surface area (Å²) in [6, 6.07) is 9.31. The van der Waals surface area contributed by atoms with Crippen LogP contribution in [0.3, 0.4) is 0 Å². The van der Waals surface area contributed by atoms with Crippen molar-refractivity contribution in [2.75, 3.05) is 13.1 Å². The lowest BCUT2D eigenvalue weighted by molar-refractivity contribution is -0.134. The van der Waals surface area contributed by atoms with Crippen LogP contribution in [0.5, 0.6) is 0 Å². The van der Waals surface area contributed by atoms with E-state index in [1.165, 1.54) is 12.1 Å². The minimum Gasteiger partial charge on any atom is -0.465 e. The highest BCUT2D eigenvalue weighted by Gasteiger charge is 2.32. The van der Waals surface area contributed by atoms with E-state index in [0.717, 1.165) is 17.1 Å². The van der Waals surface area contributed by atoms with Gasteiger partial charge in [-0.2, -0.15) is 5.10 Å². The zero-order valence-electron chi connectivity index (χ0n) is 17.2. The Morgan fingerprint density at radius 2 is 2.23 bits per heavy atom. The molecule has 3 heterocycles. The first-order valence-electron chi connectivity index (χ1n) is 10.1. The zero-order chi connectivity index (χ0) is 21.8. The molecule has 1 atom stereocenters. The second-order valence-electron chi connectivity index (χ2n) is 7.54. The van der Waals surface area contributed by atoms with E-state index in [9.17, 15) is 14.0 Å². The van der Waals surface area contributed by atoms with Crippen LogP contribution in [0.25, 0.3) is 5.69 Å². The number of hydrogen-bond donors (Lipinski definition) is 2. The van der Waals surface area contributed by atoms with Gasteiger partial charge >= 0.3 is 0 Å². The molecule has 0 saturated carbocycles. The lowest BCUT2D eigenvalue weighted by Crippen LogP contribution is -2.56. The highest BCUT2D eigenvalue weighted by atomic mass is 19.1. The third-order valence-electron chi connectivity index (χ3n) is 5.17. The van der Waals surface area contributed by atoms with Crippen molar-refractivity contribution in [1.82, 2.24) is 25.3 Å². The molecule has 0 radical (unpaired) electrons. The number of furan rings is 1. The van der Waals surface area contributed by atoms with Crippen LogP contribution in [0.1, 0.15) is 23.5 Å². The van der Waals surface area contributed by atoms with E-state index in [4.69, 9.17) is 4.42 Å². The molecule has 0 aliphatic carbocycles. The van der Waals surface area contributed by atoms with Gasteiger partial charge in [-0.15, -0.1) is 0 Å². The van der Waals surface area contributed by atoms with E-state index >= 15 is 0 Å². The van der Waals surface area contributed by atoms with Crippen LogP contribution in [0.2, 0.25) is 0 Å². The van der Waals surface area contributed by atoms with E-state index in [0.29, 0.717) is 25.3 Å². The Bertz CT molecular complexity index is 1080. The molecular weight excluding hydrogens is 401 g/mol. The monoisotopic (exact) mass is 425 g/mol. The molecule has 2 amide bonds. The van der Waals surface area contributed by atoms with Crippen LogP contribution in [0, 0.1) is 12.7 Å². The second kappa shape index (κ2) is 9.13. The first-order chi connectivity index (χ1) is 15.0. The minimum absolute atomic E-state index is 0.0452. The van der Waals surface area contributed by atoms with Crippen molar-refractivity contribution in [2.45, 2.75) is 32.5 Å². The SMILES string of the molecule is Cc1ccc(CN2CCNC(=O)[C@@H]2CC(=O)NCc2cnn(-c3cccc(F)c3)c2)o1. The van der Waals surface area contributed by atoms with Crippen LogP contribution in [0.4, 0.5) is 4.39 Å². The number of benzene rings is 1. The van der Waals surface area contributed by atoms with Gasteiger partial charge in [0.25, 0.3) is 0 Å². The number of carbonyl (C=O) groups excluding carboxylic acids is 2. The molecule has 9 heteroatoms. The normalized spacial score (nSPS) is 16.8. The van der Waals surface area contributed by atoms with Crippen LogP contribution in [0.15, 0.2) is 53.2 Å². The smallest absolute Gasteiger partial charge is 0.237 e. The molecule has 1 fully saturated rings. The molecule has 4 rings (SSSR count). The van der Waals surface area contributed by atoms with Crippen molar-refractivity contribution in [3.63, 3.8) is 0 Å².